The van der Waals surface area contributed by atoms with Gasteiger partial charge in [-0.2, -0.15) is 0 Å². The van der Waals surface area contributed by atoms with Crippen molar-refractivity contribution in [2.75, 3.05) is 20.3 Å². The molecule has 2 atom stereocenters. The molecule has 4 nitrogen and oxygen atoms in total. The van der Waals surface area contributed by atoms with Crippen molar-refractivity contribution in [3.8, 4) is 0 Å². The number of benzene rings is 1. The summed E-state index contributed by atoms with van der Waals surface area (Å²) < 4.78 is 36.1. The van der Waals surface area contributed by atoms with E-state index in [4.69, 9.17) is 18.9 Å². The fourth-order valence-electron chi connectivity index (χ4n) is 2.55. The lowest BCUT2D eigenvalue weighted by Crippen LogP contribution is -2.26. The predicted molar refractivity (Wildman–Crippen MR) is 80.9 cm³/mol. The van der Waals surface area contributed by atoms with Crippen molar-refractivity contribution < 1.29 is 23.3 Å². The highest BCUT2D eigenvalue weighted by atomic mass is 19.1. The summed E-state index contributed by atoms with van der Waals surface area (Å²) in [6.07, 6.45) is 0.989. The summed E-state index contributed by atoms with van der Waals surface area (Å²) in [4.78, 5) is 0. The first kappa shape index (κ1) is 17.1. The van der Waals surface area contributed by atoms with Crippen molar-refractivity contribution in [1.82, 2.24) is 0 Å². The summed E-state index contributed by atoms with van der Waals surface area (Å²) in [7, 11) is 1.58. The summed E-state index contributed by atoms with van der Waals surface area (Å²) in [5.74, 6) is -0.972. The first-order chi connectivity index (χ1) is 10.4. The molecule has 22 heavy (non-hydrogen) atoms. The van der Waals surface area contributed by atoms with Crippen LogP contribution in [0, 0.1) is 5.82 Å². The van der Waals surface area contributed by atoms with Gasteiger partial charge in [0.15, 0.2) is 5.79 Å². The highest BCUT2D eigenvalue weighted by molar-refractivity contribution is 5.27. The van der Waals surface area contributed by atoms with E-state index < -0.39 is 11.9 Å². The Bertz CT molecular complexity index is 515. The number of halogens is 1. The van der Waals surface area contributed by atoms with Crippen LogP contribution in [0.25, 0.3) is 0 Å². The minimum absolute atomic E-state index is 0.274. The molecule has 0 radical (unpaired) electrons. The van der Waals surface area contributed by atoms with Gasteiger partial charge in [0.2, 0.25) is 0 Å². The first-order valence-corrected chi connectivity index (χ1v) is 7.28. The van der Waals surface area contributed by atoms with Crippen LogP contribution >= 0.6 is 0 Å². The minimum Gasteiger partial charge on any atom is -0.374 e. The molecule has 122 valence electrons. The zero-order valence-electron chi connectivity index (χ0n) is 13.3. The average Bonchev–Trinajstić information content (AvgIpc) is 2.79. The van der Waals surface area contributed by atoms with Crippen molar-refractivity contribution in [2.24, 2.45) is 0 Å². The van der Waals surface area contributed by atoms with E-state index in [2.05, 4.69) is 6.58 Å². The van der Waals surface area contributed by atoms with Crippen LogP contribution < -0.4 is 0 Å². The Morgan fingerprint density at radius 3 is 2.82 bits per heavy atom. The Hall–Kier alpha value is -1.27. The number of rotatable bonds is 7. The van der Waals surface area contributed by atoms with Gasteiger partial charge in [-0.1, -0.05) is 12.1 Å². The van der Waals surface area contributed by atoms with Crippen molar-refractivity contribution >= 4 is 0 Å². The molecule has 1 aromatic carbocycles. The molecule has 1 fully saturated rings. The first-order valence-electron chi connectivity index (χ1n) is 7.28. The van der Waals surface area contributed by atoms with Gasteiger partial charge in [0.05, 0.1) is 19.8 Å². The molecule has 1 aliphatic heterocycles. The van der Waals surface area contributed by atoms with Crippen molar-refractivity contribution in [3.05, 3.63) is 47.8 Å². The number of methoxy groups -OCH3 is 1. The fraction of sp³-hybridized carbons (Fsp3) is 0.529. The summed E-state index contributed by atoms with van der Waals surface area (Å²) in [5.41, 5.74) is 1.46. The Morgan fingerprint density at radius 2 is 2.23 bits per heavy atom. The van der Waals surface area contributed by atoms with E-state index in [9.17, 15) is 4.39 Å². The largest absolute Gasteiger partial charge is 0.374 e. The van der Waals surface area contributed by atoms with Crippen LogP contribution in [-0.2, 0) is 25.6 Å². The maximum atomic E-state index is 13.9. The van der Waals surface area contributed by atoms with E-state index in [-0.39, 0.29) is 11.9 Å². The number of ether oxygens (including phenoxy) is 4. The van der Waals surface area contributed by atoms with E-state index >= 15 is 0 Å². The number of hydrogen-bond acceptors (Lipinski definition) is 4. The molecule has 1 aliphatic rings. The SMILES string of the molecule is C=CCOCc1cc(F)cc([C@H](OC)[C@H]2COC(C)(C)O2)c1. The molecule has 0 unspecified atom stereocenters. The van der Waals surface area contributed by atoms with E-state index in [1.807, 2.05) is 19.9 Å². The lowest BCUT2D eigenvalue weighted by Gasteiger charge is -2.24. The molecule has 0 bridgehead atoms. The Morgan fingerprint density at radius 1 is 1.45 bits per heavy atom. The summed E-state index contributed by atoms with van der Waals surface area (Å²) in [5, 5.41) is 0. The average molecular weight is 310 g/mol. The molecule has 1 heterocycles. The van der Waals surface area contributed by atoms with E-state index in [0.29, 0.717) is 25.4 Å². The molecule has 0 aliphatic carbocycles. The summed E-state index contributed by atoms with van der Waals surface area (Å²) >= 11 is 0. The molecule has 0 saturated carbocycles. The van der Waals surface area contributed by atoms with Gasteiger partial charge >= 0.3 is 0 Å². The van der Waals surface area contributed by atoms with Gasteiger partial charge in [-0.05, 0) is 37.1 Å². The molecule has 1 saturated heterocycles. The minimum atomic E-state index is -0.648. The molecular formula is C17H23FO4. The second-order valence-corrected chi connectivity index (χ2v) is 5.72. The Labute approximate surface area is 130 Å². The van der Waals surface area contributed by atoms with E-state index in [0.717, 1.165) is 5.56 Å². The van der Waals surface area contributed by atoms with Crippen molar-refractivity contribution in [3.63, 3.8) is 0 Å². The van der Waals surface area contributed by atoms with Crippen molar-refractivity contribution in [1.29, 1.82) is 0 Å². The van der Waals surface area contributed by atoms with Crippen LogP contribution in [0.4, 0.5) is 4.39 Å². The molecule has 0 spiro atoms. The van der Waals surface area contributed by atoms with Gasteiger partial charge in [-0.15, -0.1) is 6.58 Å². The van der Waals surface area contributed by atoms with E-state index in [1.165, 1.54) is 12.1 Å². The van der Waals surface area contributed by atoms with Crippen LogP contribution in [0.3, 0.4) is 0 Å². The van der Waals surface area contributed by atoms with Crippen LogP contribution in [0.5, 0.6) is 0 Å². The zero-order chi connectivity index (χ0) is 16.2. The van der Waals surface area contributed by atoms with Gasteiger partial charge < -0.3 is 18.9 Å². The Balaban J connectivity index is 2.16. The lowest BCUT2D eigenvalue weighted by atomic mass is 10.0. The normalized spacial score (nSPS) is 21.7. The van der Waals surface area contributed by atoms with Crippen molar-refractivity contribution in [2.45, 2.75) is 38.4 Å². The second kappa shape index (κ2) is 7.33. The molecule has 2 rings (SSSR count). The zero-order valence-corrected chi connectivity index (χ0v) is 13.3. The fourth-order valence-corrected chi connectivity index (χ4v) is 2.55. The third-order valence-electron chi connectivity index (χ3n) is 3.43. The molecule has 0 aromatic heterocycles. The highest BCUT2D eigenvalue weighted by Gasteiger charge is 2.38. The van der Waals surface area contributed by atoms with Gasteiger partial charge in [-0.3, -0.25) is 0 Å². The van der Waals surface area contributed by atoms with E-state index in [1.54, 1.807) is 13.2 Å². The second-order valence-electron chi connectivity index (χ2n) is 5.72. The van der Waals surface area contributed by atoms with Crippen LogP contribution in [0.1, 0.15) is 31.1 Å². The predicted octanol–water partition coefficient (Wildman–Crippen LogP) is 3.37. The molecule has 0 N–H and O–H groups in total. The molecule has 5 heteroatoms. The summed E-state index contributed by atoms with van der Waals surface area (Å²) in [6, 6.07) is 4.78. The third-order valence-corrected chi connectivity index (χ3v) is 3.43. The Kier molecular flexibility index (Phi) is 5.69. The maximum absolute atomic E-state index is 13.9. The molecule has 1 aromatic rings. The quantitative estimate of drug-likeness (QED) is 0.571. The highest BCUT2D eigenvalue weighted by Crippen LogP contribution is 2.33. The molecular weight excluding hydrogens is 287 g/mol. The smallest absolute Gasteiger partial charge is 0.163 e. The standard InChI is InChI=1S/C17H23FO4/c1-5-6-20-10-12-7-13(9-14(18)8-12)16(19-4)15-11-21-17(2,3)22-15/h5,7-9,15-16H,1,6,10-11H2,2-4H3/t15-,16+/m1/s1. The monoisotopic (exact) mass is 310 g/mol. The van der Waals surface area contributed by atoms with Gasteiger partial charge in [0.25, 0.3) is 0 Å². The topological polar surface area (TPSA) is 36.9 Å². The summed E-state index contributed by atoms with van der Waals surface area (Å²) in [6.45, 7) is 8.43. The van der Waals surface area contributed by atoms with Crippen LogP contribution in [0.2, 0.25) is 0 Å². The molecule has 0 amide bonds. The van der Waals surface area contributed by atoms with Gasteiger partial charge in [0.1, 0.15) is 18.0 Å². The number of hydrogen-bond donors (Lipinski definition) is 0. The van der Waals surface area contributed by atoms with Crippen LogP contribution in [-0.4, -0.2) is 32.2 Å². The third kappa shape index (κ3) is 4.36. The lowest BCUT2D eigenvalue weighted by molar-refractivity contribution is -0.154. The maximum Gasteiger partial charge on any atom is 0.163 e. The van der Waals surface area contributed by atoms with Gasteiger partial charge in [0, 0.05) is 7.11 Å². The van der Waals surface area contributed by atoms with Crippen LogP contribution in [0.15, 0.2) is 30.9 Å². The van der Waals surface area contributed by atoms with Gasteiger partial charge in [-0.25, -0.2) is 4.39 Å².